The SMILES string of the molecule is CCCCCCCC/C=C\CCCCCCCC(=O)NC(COC1OC(CO)C(OC2OC(CO)C(OC3OC(CO)C(O)C(O)C3O)C(O)C2O)C(O)C1O)C(O)/C=C/CCCCCCCCCCCCCCCCC. The third-order valence-corrected chi connectivity index (χ3v) is 15.2. The topological polar surface area (TPSA) is 307 Å². The van der Waals surface area contributed by atoms with E-state index < -0.39 is 124 Å². The zero-order valence-corrected chi connectivity index (χ0v) is 46.9. The maximum Gasteiger partial charge on any atom is 0.220 e. The van der Waals surface area contributed by atoms with Crippen molar-refractivity contribution in [2.45, 2.75) is 311 Å². The van der Waals surface area contributed by atoms with Gasteiger partial charge in [-0.25, -0.2) is 0 Å². The molecule has 19 nitrogen and oxygen atoms in total. The number of hydrogen-bond donors (Lipinski definition) is 12. The molecule has 0 saturated carbocycles. The molecule has 0 aromatic heterocycles. The van der Waals surface area contributed by atoms with Gasteiger partial charge in [-0.1, -0.05) is 179 Å². The van der Waals surface area contributed by atoms with Crippen LogP contribution in [0.25, 0.3) is 0 Å². The Morgan fingerprint density at radius 1 is 0.455 bits per heavy atom. The van der Waals surface area contributed by atoms with Crippen LogP contribution in [0.1, 0.15) is 206 Å². The molecule has 0 radical (unpaired) electrons. The minimum absolute atomic E-state index is 0.235. The van der Waals surface area contributed by atoms with Crippen molar-refractivity contribution in [3.05, 3.63) is 24.3 Å². The van der Waals surface area contributed by atoms with Crippen molar-refractivity contribution in [1.29, 1.82) is 0 Å². The van der Waals surface area contributed by atoms with Crippen LogP contribution in [0, 0.1) is 0 Å². The second kappa shape index (κ2) is 42.1. The number of aliphatic hydroxyl groups is 11. The van der Waals surface area contributed by atoms with Crippen LogP contribution in [0.4, 0.5) is 0 Å². The molecule has 452 valence electrons. The van der Waals surface area contributed by atoms with E-state index in [4.69, 9.17) is 28.4 Å². The van der Waals surface area contributed by atoms with Crippen molar-refractivity contribution in [3.8, 4) is 0 Å². The van der Waals surface area contributed by atoms with Crippen molar-refractivity contribution in [1.82, 2.24) is 5.32 Å². The lowest BCUT2D eigenvalue weighted by Crippen LogP contribution is -2.66. The lowest BCUT2D eigenvalue weighted by molar-refractivity contribution is -0.379. The van der Waals surface area contributed by atoms with Crippen LogP contribution in [-0.4, -0.2) is 193 Å². The molecule has 0 spiro atoms. The molecule has 3 heterocycles. The van der Waals surface area contributed by atoms with E-state index in [2.05, 4.69) is 31.3 Å². The van der Waals surface area contributed by atoms with Gasteiger partial charge in [0.1, 0.15) is 73.2 Å². The maximum atomic E-state index is 13.3. The highest BCUT2D eigenvalue weighted by Gasteiger charge is 2.53. The molecule has 12 N–H and O–H groups in total. The fourth-order valence-electron chi connectivity index (χ4n) is 10.2. The molecule has 3 aliphatic rings. The standard InChI is InChI=1S/C58H107NO18/c1-3-5-7-9-11-13-15-17-19-20-22-23-25-27-29-31-33-35-42(63)41(59-46(64)36-34-32-30-28-26-24-21-18-16-14-12-10-8-6-4-2)40-72-56-52(70)49(67)54(44(38-61)74-56)77-58-53(71)50(68)55(45(39-62)75-58)76-57-51(69)48(66)47(65)43(37-60)73-57/h18,21,33,35,41-45,47-58,60-63,65-71H,3-17,19-20,22-32,34,36-40H2,1-2H3,(H,59,64)/b21-18-,35-33+. The molecule has 0 aliphatic carbocycles. The number of ether oxygens (including phenoxy) is 6. The van der Waals surface area contributed by atoms with Crippen molar-refractivity contribution >= 4 is 5.91 Å². The Bertz CT molecular complexity index is 1510. The first-order chi connectivity index (χ1) is 37.3. The van der Waals surface area contributed by atoms with E-state index in [0.29, 0.717) is 6.42 Å². The zero-order chi connectivity index (χ0) is 56.2. The Hall–Kier alpha value is -1.73. The number of nitrogens with one attached hydrogen (secondary N) is 1. The van der Waals surface area contributed by atoms with Gasteiger partial charge in [-0.3, -0.25) is 4.79 Å². The zero-order valence-electron chi connectivity index (χ0n) is 46.9. The molecule has 3 saturated heterocycles. The van der Waals surface area contributed by atoms with Gasteiger partial charge in [0.2, 0.25) is 5.91 Å². The Balaban J connectivity index is 1.52. The van der Waals surface area contributed by atoms with Crippen molar-refractivity contribution in [2.75, 3.05) is 26.4 Å². The third-order valence-electron chi connectivity index (χ3n) is 15.2. The number of aliphatic hydroxyl groups excluding tert-OH is 11. The summed E-state index contributed by atoms with van der Waals surface area (Å²) in [5.41, 5.74) is 0. The number of carbonyl (C=O) groups is 1. The quantitative estimate of drug-likeness (QED) is 0.0277. The molecule has 17 atom stereocenters. The van der Waals surface area contributed by atoms with Gasteiger partial charge < -0.3 is 89.9 Å². The van der Waals surface area contributed by atoms with Crippen LogP contribution in [0.3, 0.4) is 0 Å². The van der Waals surface area contributed by atoms with E-state index >= 15 is 0 Å². The highest BCUT2D eigenvalue weighted by atomic mass is 16.8. The smallest absolute Gasteiger partial charge is 0.220 e. The average Bonchev–Trinajstić information content (AvgIpc) is 3.43. The minimum atomic E-state index is -1.98. The largest absolute Gasteiger partial charge is 0.394 e. The number of hydrogen-bond acceptors (Lipinski definition) is 18. The number of allylic oxidation sites excluding steroid dienone is 3. The van der Waals surface area contributed by atoms with Crippen LogP contribution in [0.15, 0.2) is 24.3 Å². The molecular weight excluding hydrogens is 999 g/mol. The van der Waals surface area contributed by atoms with Gasteiger partial charge in [0.05, 0.1) is 38.6 Å². The highest BCUT2D eigenvalue weighted by Crippen LogP contribution is 2.33. The molecule has 3 aliphatic heterocycles. The normalized spacial score (nSPS) is 30.8. The van der Waals surface area contributed by atoms with E-state index in [1.54, 1.807) is 6.08 Å². The highest BCUT2D eigenvalue weighted by molar-refractivity contribution is 5.76. The minimum Gasteiger partial charge on any atom is -0.394 e. The lowest BCUT2D eigenvalue weighted by atomic mass is 9.96. The molecule has 0 aromatic rings. The van der Waals surface area contributed by atoms with Crippen LogP contribution in [0.2, 0.25) is 0 Å². The Labute approximate surface area is 460 Å². The third kappa shape index (κ3) is 26.4. The van der Waals surface area contributed by atoms with Crippen LogP contribution in [0.5, 0.6) is 0 Å². The van der Waals surface area contributed by atoms with E-state index in [1.807, 2.05) is 6.08 Å². The van der Waals surface area contributed by atoms with Crippen LogP contribution in [-0.2, 0) is 33.2 Å². The summed E-state index contributed by atoms with van der Waals surface area (Å²) in [5, 5.41) is 120. The summed E-state index contributed by atoms with van der Waals surface area (Å²) in [5.74, 6) is -0.284. The lowest BCUT2D eigenvalue weighted by Gasteiger charge is -2.48. The summed E-state index contributed by atoms with van der Waals surface area (Å²) in [7, 11) is 0. The molecular formula is C58H107NO18. The summed E-state index contributed by atoms with van der Waals surface area (Å²) < 4.78 is 34.2. The van der Waals surface area contributed by atoms with Gasteiger partial charge in [0.25, 0.3) is 0 Å². The van der Waals surface area contributed by atoms with Gasteiger partial charge in [0.15, 0.2) is 18.9 Å². The Morgan fingerprint density at radius 2 is 0.818 bits per heavy atom. The van der Waals surface area contributed by atoms with Gasteiger partial charge in [0, 0.05) is 6.42 Å². The first-order valence-electron chi connectivity index (χ1n) is 30.1. The number of rotatable bonds is 44. The summed E-state index contributed by atoms with van der Waals surface area (Å²) in [4.78, 5) is 13.3. The second-order valence-electron chi connectivity index (χ2n) is 21.8. The fourth-order valence-corrected chi connectivity index (χ4v) is 10.2. The molecule has 3 fully saturated rings. The summed E-state index contributed by atoms with van der Waals surface area (Å²) in [6.45, 7) is 1.71. The average molecular weight is 1110 g/mol. The van der Waals surface area contributed by atoms with Gasteiger partial charge in [-0.05, 0) is 44.9 Å². The molecule has 3 rings (SSSR count). The molecule has 0 bridgehead atoms. The van der Waals surface area contributed by atoms with Crippen LogP contribution >= 0.6 is 0 Å². The van der Waals surface area contributed by atoms with Crippen molar-refractivity contribution in [2.24, 2.45) is 0 Å². The molecule has 77 heavy (non-hydrogen) atoms. The van der Waals surface area contributed by atoms with Crippen molar-refractivity contribution in [3.63, 3.8) is 0 Å². The van der Waals surface area contributed by atoms with E-state index in [-0.39, 0.29) is 18.9 Å². The second-order valence-corrected chi connectivity index (χ2v) is 21.8. The number of amides is 1. The van der Waals surface area contributed by atoms with Crippen LogP contribution < -0.4 is 5.32 Å². The van der Waals surface area contributed by atoms with E-state index in [9.17, 15) is 61.0 Å². The molecule has 1 amide bonds. The Morgan fingerprint density at radius 3 is 1.26 bits per heavy atom. The predicted molar refractivity (Wildman–Crippen MR) is 291 cm³/mol. The first kappa shape index (κ1) is 69.5. The molecule has 17 unspecified atom stereocenters. The van der Waals surface area contributed by atoms with Gasteiger partial charge in [-0.2, -0.15) is 0 Å². The number of unbranched alkanes of at least 4 members (excludes halogenated alkanes) is 26. The van der Waals surface area contributed by atoms with E-state index in [1.165, 1.54) is 116 Å². The van der Waals surface area contributed by atoms with E-state index in [0.717, 1.165) is 64.2 Å². The number of carbonyl (C=O) groups excluding carboxylic acids is 1. The Kier molecular flexibility index (Phi) is 38.1. The fraction of sp³-hybridized carbons (Fsp3) is 0.914. The first-order valence-corrected chi connectivity index (χ1v) is 30.1. The molecule has 0 aromatic carbocycles. The predicted octanol–water partition coefficient (Wildman–Crippen LogP) is 5.15. The summed E-state index contributed by atoms with van der Waals surface area (Å²) in [6, 6.07) is -0.974. The molecule has 19 heteroatoms. The van der Waals surface area contributed by atoms with Gasteiger partial charge in [-0.15, -0.1) is 0 Å². The van der Waals surface area contributed by atoms with Crippen molar-refractivity contribution < 1.29 is 89.4 Å². The monoisotopic (exact) mass is 1110 g/mol. The summed E-state index contributed by atoms with van der Waals surface area (Å²) >= 11 is 0. The maximum absolute atomic E-state index is 13.3. The van der Waals surface area contributed by atoms with Gasteiger partial charge >= 0.3 is 0 Å². The summed E-state index contributed by atoms with van der Waals surface area (Å²) in [6.07, 6.45) is 15.8.